The highest BCUT2D eigenvalue weighted by atomic mass is 35.5. The molecule has 0 saturated carbocycles. The number of rotatable bonds is 5. The van der Waals surface area contributed by atoms with Gasteiger partial charge in [0.15, 0.2) is 5.13 Å². The van der Waals surface area contributed by atoms with Gasteiger partial charge in [-0.1, -0.05) is 23.7 Å². The van der Waals surface area contributed by atoms with Gasteiger partial charge in [0.25, 0.3) is 11.6 Å². The number of thiazole rings is 1. The van der Waals surface area contributed by atoms with E-state index >= 15 is 0 Å². The predicted octanol–water partition coefficient (Wildman–Crippen LogP) is 4.58. The molecule has 0 fully saturated rings. The van der Waals surface area contributed by atoms with Crippen LogP contribution in [0.3, 0.4) is 0 Å². The SMILES string of the molecule is CC(=O)Nc1ccc(-c2csc(NC(=O)c3cc(Cl)ccc3[N+](=O)[O-])n2)cc1. The third-order valence-electron chi connectivity index (χ3n) is 3.63. The number of benzene rings is 2. The molecule has 10 heteroatoms. The number of carbonyl (C=O) groups excluding carboxylic acids is 2. The van der Waals surface area contributed by atoms with E-state index in [1.165, 1.54) is 36.5 Å². The van der Waals surface area contributed by atoms with Crippen molar-refractivity contribution >= 4 is 51.3 Å². The highest BCUT2D eigenvalue weighted by Crippen LogP contribution is 2.28. The molecule has 142 valence electrons. The van der Waals surface area contributed by atoms with Crippen LogP contribution >= 0.6 is 22.9 Å². The van der Waals surface area contributed by atoms with Crippen molar-refractivity contribution < 1.29 is 14.5 Å². The smallest absolute Gasteiger partial charge is 0.282 e. The lowest BCUT2D eigenvalue weighted by atomic mass is 10.1. The van der Waals surface area contributed by atoms with Crippen LogP contribution in [0.25, 0.3) is 11.3 Å². The van der Waals surface area contributed by atoms with Crippen molar-refractivity contribution in [3.8, 4) is 11.3 Å². The summed E-state index contributed by atoms with van der Waals surface area (Å²) in [5.41, 5.74) is 1.59. The Labute approximate surface area is 168 Å². The molecular weight excluding hydrogens is 404 g/mol. The van der Waals surface area contributed by atoms with Gasteiger partial charge in [-0.25, -0.2) is 4.98 Å². The minimum Gasteiger partial charge on any atom is -0.326 e. The van der Waals surface area contributed by atoms with Crippen LogP contribution in [-0.4, -0.2) is 21.7 Å². The van der Waals surface area contributed by atoms with Gasteiger partial charge in [0.05, 0.1) is 10.6 Å². The summed E-state index contributed by atoms with van der Waals surface area (Å²) < 4.78 is 0. The molecule has 1 heterocycles. The van der Waals surface area contributed by atoms with E-state index in [0.717, 1.165) is 5.56 Å². The first kappa shape index (κ1) is 19.5. The van der Waals surface area contributed by atoms with Gasteiger partial charge in [-0.3, -0.25) is 25.0 Å². The molecular formula is C18H13ClN4O4S. The van der Waals surface area contributed by atoms with Gasteiger partial charge in [-0.05, 0) is 24.3 Å². The molecule has 1 aromatic heterocycles. The van der Waals surface area contributed by atoms with Crippen LogP contribution in [0.1, 0.15) is 17.3 Å². The molecule has 0 unspecified atom stereocenters. The van der Waals surface area contributed by atoms with Gasteiger partial charge in [-0.15, -0.1) is 11.3 Å². The number of nitro benzene ring substituents is 1. The number of amides is 2. The standard InChI is InChI=1S/C18H13ClN4O4S/c1-10(24)20-13-5-2-11(3-6-13)15-9-28-18(21-15)22-17(25)14-8-12(19)4-7-16(14)23(26)27/h2-9H,1H3,(H,20,24)(H,21,22,25). The largest absolute Gasteiger partial charge is 0.326 e. The molecule has 0 aliphatic heterocycles. The Hall–Kier alpha value is -3.30. The lowest BCUT2D eigenvalue weighted by molar-refractivity contribution is -0.385. The van der Waals surface area contributed by atoms with Crippen LogP contribution in [0.4, 0.5) is 16.5 Å². The predicted molar refractivity (Wildman–Crippen MR) is 108 cm³/mol. The van der Waals surface area contributed by atoms with Crippen molar-refractivity contribution in [2.45, 2.75) is 6.92 Å². The highest BCUT2D eigenvalue weighted by Gasteiger charge is 2.21. The number of carbonyl (C=O) groups is 2. The number of nitro groups is 1. The zero-order valence-electron chi connectivity index (χ0n) is 14.4. The quantitative estimate of drug-likeness (QED) is 0.466. The van der Waals surface area contributed by atoms with Crippen LogP contribution in [0.2, 0.25) is 5.02 Å². The average Bonchev–Trinajstić information content (AvgIpc) is 3.10. The van der Waals surface area contributed by atoms with E-state index in [2.05, 4.69) is 15.6 Å². The van der Waals surface area contributed by atoms with Crippen LogP contribution in [0.5, 0.6) is 0 Å². The van der Waals surface area contributed by atoms with Crippen molar-refractivity contribution in [2.24, 2.45) is 0 Å². The molecule has 0 radical (unpaired) electrons. The Bertz CT molecular complexity index is 1070. The summed E-state index contributed by atoms with van der Waals surface area (Å²) in [4.78, 5) is 38.3. The van der Waals surface area contributed by atoms with Crippen LogP contribution in [-0.2, 0) is 4.79 Å². The Morgan fingerprint density at radius 1 is 1.14 bits per heavy atom. The molecule has 3 rings (SSSR count). The van der Waals surface area contributed by atoms with Crippen molar-refractivity contribution in [3.05, 3.63) is 68.5 Å². The minimum atomic E-state index is -0.670. The molecule has 0 aliphatic rings. The summed E-state index contributed by atoms with van der Waals surface area (Å²) in [6, 6.07) is 10.8. The fourth-order valence-corrected chi connectivity index (χ4v) is 3.29. The van der Waals surface area contributed by atoms with Gasteiger partial charge in [0.1, 0.15) is 5.56 Å². The third-order valence-corrected chi connectivity index (χ3v) is 4.62. The van der Waals surface area contributed by atoms with E-state index in [0.29, 0.717) is 16.5 Å². The maximum Gasteiger partial charge on any atom is 0.282 e. The summed E-state index contributed by atoms with van der Waals surface area (Å²) in [5.74, 6) is -0.836. The number of hydrogen-bond acceptors (Lipinski definition) is 6. The zero-order chi connectivity index (χ0) is 20.3. The molecule has 2 amide bonds. The van der Waals surface area contributed by atoms with E-state index in [4.69, 9.17) is 11.6 Å². The second-order valence-corrected chi connectivity index (χ2v) is 6.96. The Morgan fingerprint density at radius 2 is 1.86 bits per heavy atom. The summed E-state index contributed by atoms with van der Waals surface area (Å²) >= 11 is 7.04. The maximum atomic E-state index is 12.4. The van der Waals surface area contributed by atoms with Crippen molar-refractivity contribution in [3.63, 3.8) is 0 Å². The van der Waals surface area contributed by atoms with Crippen molar-refractivity contribution in [2.75, 3.05) is 10.6 Å². The van der Waals surface area contributed by atoms with E-state index in [9.17, 15) is 19.7 Å². The van der Waals surface area contributed by atoms with E-state index < -0.39 is 10.8 Å². The molecule has 0 bridgehead atoms. The summed E-state index contributed by atoms with van der Waals surface area (Å²) in [7, 11) is 0. The van der Waals surface area contributed by atoms with E-state index in [1.54, 1.807) is 29.6 Å². The monoisotopic (exact) mass is 416 g/mol. The first-order chi connectivity index (χ1) is 13.3. The molecule has 0 spiro atoms. The minimum absolute atomic E-state index is 0.145. The molecule has 3 aromatic rings. The van der Waals surface area contributed by atoms with Gasteiger partial charge >= 0.3 is 0 Å². The lowest BCUT2D eigenvalue weighted by Crippen LogP contribution is -2.13. The van der Waals surface area contributed by atoms with Gasteiger partial charge < -0.3 is 5.32 Å². The summed E-state index contributed by atoms with van der Waals surface area (Å²) in [5, 5.41) is 18.6. The van der Waals surface area contributed by atoms with E-state index in [-0.39, 0.29) is 22.2 Å². The number of anilines is 2. The molecule has 8 nitrogen and oxygen atoms in total. The molecule has 0 atom stereocenters. The number of nitrogens with one attached hydrogen (secondary N) is 2. The van der Waals surface area contributed by atoms with Gasteiger partial charge in [0, 0.05) is 34.6 Å². The average molecular weight is 417 g/mol. The maximum absolute atomic E-state index is 12.4. The highest BCUT2D eigenvalue weighted by molar-refractivity contribution is 7.14. The number of nitrogens with zero attached hydrogens (tertiary/aromatic N) is 2. The van der Waals surface area contributed by atoms with Crippen molar-refractivity contribution in [1.82, 2.24) is 4.98 Å². The molecule has 28 heavy (non-hydrogen) atoms. The summed E-state index contributed by atoms with van der Waals surface area (Å²) in [6.07, 6.45) is 0. The first-order valence-corrected chi connectivity index (χ1v) is 9.18. The fraction of sp³-hybridized carbons (Fsp3) is 0.0556. The fourth-order valence-electron chi connectivity index (χ4n) is 2.41. The third kappa shape index (κ3) is 4.51. The van der Waals surface area contributed by atoms with Gasteiger partial charge in [-0.2, -0.15) is 0 Å². The van der Waals surface area contributed by atoms with Crippen LogP contribution in [0, 0.1) is 10.1 Å². The van der Waals surface area contributed by atoms with E-state index in [1.807, 2.05) is 0 Å². The number of aromatic nitrogens is 1. The normalized spacial score (nSPS) is 10.4. The lowest BCUT2D eigenvalue weighted by Gasteiger charge is -2.04. The van der Waals surface area contributed by atoms with Crippen molar-refractivity contribution in [1.29, 1.82) is 0 Å². The molecule has 0 saturated heterocycles. The number of halogens is 1. The zero-order valence-corrected chi connectivity index (χ0v) is 16.0. The second kappa shape index (κ2) is 8.15. The topological polar surface area (TPSA) is 114 Å². The Morgan fingerprint density at radius 3 is 2.50 bits per heavy atom. The number of hydrogen-bond donors (Lipinski definition) is 2. The van der Waals surface area contributed by atoms with Crippen LogP contribution in [0.15, 0.2) is 47.8 Å². The second-order valence-electron chi connectivity index (χ2n) is 5.67. The summed E-state index contributed by atoms with van der Waals surface area (Å²) in [6.45, 7) is 1.42. The molecule has 2 N–H and O–H groups in total. The Kier molecular flexibility index (Phi) is 5.67. The van der Waals surface area contributed by atoms with Crippen LogP contribution < -0.4 is 10.6 Å². The molecule has 0 aliphatic carbocycles. The Balaban J connectivity index is 1.78. The molecule has 2 aromatic carbocycles. The van der Waals surface area contributed by atoms with Gasteiger partial charge in [0.2, 0.25) is 5.91 Å². The first-order valence-electron chi connectivity index (χ1n) is 7.92.